The third-order valence-electron chi connectivity index (χ3n) is 2.92. The Labute approximate surface area is 137 Å². The topological polar surface area (TPSA) is 72.4 Å². The molecule has 0 aliphatic carbocycles. The number of aromatic nitrogens is 1. The minimum Gasteiger partial charge on any atom is -0.461 e. The summed E-state index contributed by atoms with van der Waals surface area (Å²) in [6.07, 6.45) is 1.56. The summed E-state index contributed by atoms with van der Waals surface area (Å²) >= 11 is 5.57. The molecule has 2 amide bonds. The molecule has 2 aromatic rings. The fourth-order valence-electron chi connectivity index (χ4n) is 1.91. The largest absolute Gasteiger partial charge is 0.461 e. The number of carbonyl (C=O) groups is 2. The van der Waals surface area contributed by atoms with Crippen LogP contribution >= 0.6 is 11.6 Å². The minimum atomic E-state index is -0.631. The van der Waals surface area contributed by atoms with Crippen molar-refractivity contribution in [2.45, 2.75) is 6.92 Å². The predicted molar refractivity (Wildman–Crippen MR) is 85.4 cm³/mol. The van der Waals surface area contributed by atoms with Gasteiger partial charge in [0, 0.05) is 18.9 Å². The number of rotatable bonds is 4. The Hall–Kier alpha value is -2.54. The van der Waals surface area contributed by atoms with Gasteiger partial charge in [0.2, 0.25) is 0 Å². The second kappa shape index (κ2) is 7.15. The van der Waals surface area contributed by atoms with Crippen molar-refractivity contribution in [2.24, 2.45) is 7.05 Å². The molecular formula is C15H15ClFN3O3. The number of carbonyl (C=O) groups excluding carboxylic acids is 2. The van der Waals surface area contributed by atoms with Crippen molar-refractivity contribution in [1.82, 2.24) is 4.57 Å². The van der Waals surface area contributed by atoms with Crippen LogP contribution in [0.5, 0.6) is 0 Å². The molecule has 2 N–H and O–H groups in total. The molecule has 0 bridgehead atoms. The van der Waals surface area contributed by atoms with Crippen molar-refractivity contribution < 1.29 is 18.7 Å². The van der Waals surface area contributed by atoms with E-state index in [9.17, 15) is 14.0 Å². The van der Waals surface area contributed by atoms with Gasteiger partial charge in [0.15, 0.2) is 0 Å². The van der Waals surface area contributed by atoms with Crippen LogP contribution in [0.4, 0.5) is 20.6 Å². The first-order valence-corrected chi connectivity index (χ1v) is 7.15. The molecule has 0 aliphatic rings. The molecule has 122 valence electrons. The van der Waals surface area contributed by atoms with Crippen LogP contribution in [0.25, 0.3) is 0 Å². The lowest BCUT2D eigenvalue weighted by molar-refractivity contribution is 0.0515. The van der Waals surface area contributed by atoms with Gasteiger partial charge in [0.05, 0.1) is 17.3 Å². The van der Waals surface area contributed by atoms with Gasteiger partial charge in [-0.2, -0.15) is 0 Å². The Balaban J connectivity index is 2.04. The number of ether oxygens (including phenoxy) is 1. The van der Waals surface area contributed by atoms with Gasteiger partial charge in [0.1, 0.15) is 11.5 Å². The van der Waals surface area contributed by atoms with Crippen molar-refractivity contribution in [2.75, 3.05) is 17.2 Å². The summed E-state index contributed by atoms with van der Waals surface area (Å²) in [6, 6.07) is 4.83. The maximum Gasteiger partial charge on any atom is 0.355 e. The monoisotopic (exact) mass is 339 g/mol. The van der Waals surface area contributed by atoms with Gasteiger partial charge in [0.25, 0.3) is 0 Å². The van der Waals surface area contributed by atoms with Crippen molar-refractivity contribution in [3.05, 3.63) is 47.0 Å². The highest BCUT2D eigenvalue weighted by Crippen LogP contribution is 2.19. The first kappa shape index (κ1) is 16.8. The molecule has 0 aliphatic heterocycles. The van der Waals surface area contributed by atoms with Crippen LogP contribution in [0, 0.1) is 5.82 Å². The van der Waals surface area contributed by atoms with E-state index in [1.807, 2.05) is 0 Å². The van der Waals surface area contributed by atoms with E-state index in [4.69, 9.17) is 16.3 Å². The van der Waals surface area contributed by atoms with Crippen LogP contribution in [0.2, 0.25) is 5.02 Å². The van der Waals surface area contributed by atoms with E-state index in [0.29, 0.717) is 11.4 Å². The quantitative estimate of drug-likeness (QED) is 0.835. The molecule has 0 unspecified atom stereocenters. The summed E-state index contributed by atoms with van der Waals surface area (Å²) in [5, 5.41) is 4.99. The molecule has 0 atom stereocenters. The molecule has 1 heterocycles. The van der Waals surface area contributed by atoms with Crippen molar-refractivity contribution in [3.63, 3.8) is 0 Å². The van der Waals surface area contributed by atoms with Crippen LogP contribution in [0.15, 0.2) is 30.5 Å². The molecule has 8 heteroatoms. The maximum atomic E-state index is 13.3. The molecule has 23 heavy (non-hydrogen) atoms. The maximum absolute atomic E-state index is 13.3. The van der Waals surface area contributed by atoms with Crippen LogP contribution < -0.4 is 10.6 Å². The summed E-state index contributed by atoms with van der Waals surface area (Å²) < 4.78 is 19.8. The van der Waals surface area contributed by atoms with E-state index in [-0.39, 0.29) is 17.3 Å². The number of urea groups is 1. The normalized spacial score (nSPS) is 10.3. The van der Waals surface area contributed by atoms with Crippen LogP contribution in [-0.4, -0.2) is 23.2 Å². The number of amides is 2. The average molecular weight is 340 g/mol. The number of nitrogens with one attached hydrogen (secondary N) is 2. The minimum absolute atomic E-state index is 0.0295. The summed E-state index contributed by atoms with van der Waals surface area (Å²) in [7, 11) is 1.66. The van der Waals surface area contributed by atoms with Gasteiger partial charge in [-0.25, -0.2) is 14.0 Å². The lowest BCUT2D eigenvalue weighted by atomic mass is 10.3. The van der Waals surface area contributed by atoms with Gasteiger partial charge in [-0.15, -0.1) is 0 Å². The summed E-state index contributed by atoms with van der Waals surface area (Å²) in [5.74, 6) is -1.11. The molecule has 0 radical (unpaired) electrons. The van der Waals surface area contributed by atoms with E-state index in [1.54, 1.807) is 20.2 Å². The van der Waals surface area contributed by atoms with Gasteiger partial charge >= 0.3 is 12.0 Å². The van der Waals surface area contributed by atoms with Gasteiger partial charge in [-0.1, -0.05) is 11.6 Å². The van der Waals surface area contributed by atoms with E-state index >= 15 is 0 Å². The number of halogens is 2. The second-order valence-electron chi connectivity index (χ2n) is 4.65. The Bertz CT molecular complexity index is 746. The van der Waals surface area contributed by atoms with Crippen molar-refractivity contribution in [3.8, 4) is 0 Å². The van der Waals surface area contributed by atoms with E-state index in [0.717, 1.165) is 6.07 Å². The molecular weight excluding hydrogens is 325 g/mol. The number of esters is 1. The zero-order chi connectivity index (χ0) is 17.0. The first-order chi connectivity index (χ1) is 10.9. The molecule has 0 fully saturated rings. The molecule has 2 rings (SSSR count). The number of hydrogen-bond donors (Lipinski definition) is 2. The van der Waals surface area contributed by atoms with Gasteiger partial charge in [-0.3, -0.25) is 0 Å². The van der Waals surface area contributed by atoms with Gasteiger partial charge < -0.3 is 19.9 Å². The lowest BCUT2D eigenvalue weighted by Gasteiger charge is -2.06. The predicted octanol–water partition coefficient (Wildman–Crippen LogP) is 3.64. The van der Waals surface area contributed by atoms with Crippen molar-refractivity contribution >= 4 is 35.0 Å². The fraction of sp³-hybridized carbons (Fsp3) is 0.200. The SMILES string of the molecule is CCOC(=O)c1cc(NC(=O)Nc2ccc(Cl)c(F)c2)cn1C. The van der Waals surface area contributed by atoms with Crippen LogP contribution in [0.1, 0.15) is 17.4 Å². The fourth-order valence-corrected chi connectivity index (χ4v) is 2.03. The van der Waals surface area contributed by atoms with E-state index in [1.165, 1.54) is 22.8 Å². The second-order valence-corrected chi connectivity index (χ2v) is 5.06. The number of nitrogens with zero attached hydrogens (tertiary/aromatic N) is 1. The Morgan fingerprint density at radius 2 is 1.96 bits per heavy atom. The highest BCUT2D eigenvalue weighted by molar-refractivity contribution is 6.30. The van der Waals surface area contributed by atoms with Crippen LogP contribution in [0.3, 0.4) is 0 Å². The number of anilines is 2. The number of hydrogen-bond acceptors (Lipinski definition) is 3. The molecule has 0 spiro atoms. The molecule has 1 aromatic heterocycles. The van der Waals surface area contributed by atoms with Crippen LogP contribution in [-0.2, 0) is 11.8 Å². The molecule has 1 aromatic carbocycles. The van der Waals surface area contributed by atoms with E-state index < -0.39 is 17.8 Å². The third kappa shape index (κ3) is 4.23. The average Bonchev–Trinajstić information content (AvgIpc) is 2.83. The summed E-state index contributed by atoms with van der Waals surface area (Å²) in [6.45, 7) is 1.97. The molecule has 0 saturated heterocycles. The Kier molecular flexibility index (Phi) is 5.23. The number of aryl methyl sites for hydroxylation is 1. The first-order valence-electron chi connectivity index (χ1n) is 6.77. The van der Waals surface area contributed by atoms with Crippen molar-refractivity contribution in [1.29, 1.82) is 0 Å². The highest BCUT2D eigenvalue weighted by atomic mass is 35.5. The molecule has 6 nitrogen and oxygen atoms in total. The Morgan fingerprint density at radius 3 is 2.61 bits per heavy atom. The highest BCUT2D eigenvalue weighted by Gasteiger charge is 2.14. The number of benzene rings is 1. The smallest absolute Gasteiger partial charge is 0.355 e. The molecule has 0 saturated carbocycles. The lowest BCUT2D eigenvalue weighted by Crippen LogP contribution is -2.19. The zero-order valence-corrected chi connectivity index (χ0v) is 13.3. The summed E-state index contributed by atoms with van der Waals surface area (Å²) in [5.41, 5.74) is 0.966. The zero-order valence-electron chi connectivity index (χ0n) is 12.5. The Morgan fingerprint density at radius 1 is 1.26 bits per heavy atom. The van der Waals surface area contributed by atoms with E-state index in [2.05, 4.69) is 10.6 Å². The summed E-state index contributed by atoms with van der Waals surface area (Å²) in [4.78, 5) is 23.6. The third-order valence-corrected chi connectivity index (χ3v) is 3.23. The van der Waals surface area contributed by atoms with Gasteiger partial charge in [-0.05, 0) is 31.2 Å². The standard InChI is InChI=1S/C15H15ClFN3O3/c1-3-23-14(21)13-7-10(8-20(13)2)19-15(22)18-9-4-5-11(16)12(17)6-9/h4-8H,3H2,1-2H3,(H2,18,19,22).